The molecule has 0 saturated heterocycles. The van der Waals surface area contributed by atoms with Crippen molar-refractivity contribution < 1.29 is 14.6 Å². The Morgan fingerprint density at radius 2 is 2.05 bits per heavy atom. The van der Waals surface area contributed by atoms with E-state index in [9.17, 15) is 9.90 Å². The number of hydrogen-bond donors (Lipinski definition) is 3. The lowest BCUT2D eigenvalue weighted by Crippen LogP contribution is -2.12. The summed E-state index contributed by atoms with van der Waals surface area (Å²) >= 11 is 0. The van der Waals surface area contributed by atoms with Crippen LogP contribution >= 0.6 is 0 Å². The molecule has 0 bridgehead atoms. The van der Waals surface area contributed by atoms with Crippen molar-refractivity contribution in [3.8, 4) is 11.5 Å². The Bertz CT molecular complexity index is 611. The van der Waals surface area contributed by atoms with Gasteiger partial charge in [0.15, 0.2) is 0 Å². The Balaban J connectivity index is 2.20. The number of methoxy groups -OCH3 is 1. The third-order valence-corrected chi connectivity index (χ3v) is 2.60. The van der Waals surface area contributed by atoms with E-state index in [0.29, 0.717) is 22.7 Å². The van der Waals surface area contributed by atoms with Crippen LogP contribution in [0.1, 0.15) is 10.4 Å². The third kappa shape index (κ3) is 2.95. The highest BCUT2D eigenvalue weighted by atomic mass is 16.5. The first kappa shape index (κ1) is 12.8. The minimum absolute atomic E-state index is 0.0905. The number of amides is 1. The maximum absolute atomic E-state index is 12.0. The molecule has 98 valence electrons. The number of nitrogen functional groups attached to an aromatic ring is 1. The number of anilines is 2. The molecule has 2 aromatic carbocycles. The molecule has 4 N–H and O–H groups in total. The lowest BCUT2D eigenvalue weighted by Gasteiger charge is -2.08. The number of rotatable bonds is 3. The molecule has 0 radical (unpaired) electrons. The predicted molar refractivity (Wildman–Crippen MR) is 73.5 cm³/mol. The summed E-state index contributed by atoms with van der Waals surface area (Å²) in [5.74, 6) is 0.236. The smallest absolute Gasteiger partial charge is 0.255 e. The summed E-state index contributed by atoms with van der Waals surface area (Å²) in [6.45, 7) is 0. The van der Waals surface area contributed by atoms with Crippen molar-refractivity contribution in [3.63, 3.8) is 0 Å². The van der Waals surface area contributed by atoms with E-state index >= 15 is 0 Å². The standard InChI is InChI=1S/C14H14N2O3/c1-19-13-7-9(5-6-12(13)15)14(18)16-10-3-2-4-11(17)8-10/h2-8,17H,15H2,1H3,(H,16,18). The van der Waals surface area contributed by atoms with Crippen molar-refractivity contribution in [1.29, 1.82) is 0 Å². The second kappa shape index (κ2) is 5.30. The summed E-state index contributed by atoms with van der Waals surface area (Å²) in [5, 5.41) is 12.0. The summed E-state index contributed by atoms with van der Waals surface area (Å²) in [5.41, 5.74) is 7.09. The van der Waals surface area contributed by atoms with Gasteiger partial charge in [-0.2, -0.15) is 0 Å². The van der Waals surface area contributed by atoms with Crippen LogP contribution in [0, 0.1) is 0 Å². The van der Waals surface area contributed by atoms with Gasteiger partial charge >= 0.3 is 0 Å². The molecule has 0 fully saturated rings. The Morgan fingerprint density at radius 3 is 2.74 bits per heavy atom. The van der Waals surface area contributed by atoms with Gasteiger partial charge in [0.1, 0.15) is 11.5 Å². The highest BCUT2D eigenvalue weighted by Crippen LogP contribution is 2.23. The van der Waals surface area contributed by atoms with Gasteiger partial charge < -0.3 is 20.9 Å². The van der Waals surface area contributed by atoms with Crippen molar-refractivity contribution in [3.05, 3.63) is 48.0 Å². The average Bonchev–Trinajstić information content (AvgIpc) is 2.39. The highest BCUT2D eigenvalue weighted by Gasteiger charge is 2.09. The monoisotopic (exact) mass is 258 g/mol. The largest absolute Gasteiger partial charge is 0.508 e. The van der Waals surface area contributed by atoms with Gasteiger partial charge in [-0.1, -0.05) is 6.07 Å². The Kier molecular flexibility index (Phi) is 3.56. The maximum atomic E-state index is 12.0. The number of phenols is 1. The molecule has 5 nitrogen and oxygen atoms in total. The van der Waals surface area contributed by atoms with Crippen LogP contribution in [-0.2, 0) is 0 Å². The number of nitrogens with two attached hydrogens (primary N) is 1. The van der Waals surface area contributed by atoms with Gasteiger partial charge in [0, 0.05) is 17.3 Å². The van der Waals surface area contributed by atoms with Crippen LogP contribution in [0.25, 0.3) is 0 Å². The summed E-state index contributed by atoms with van der Waals surface area (Å²) in [6, 6.07) is 11.1. The normalized spacial score (nSPS) is 9.95. The fourth-order valence-corrected chi connectivity index (χ4v) is 1.64. The second-order valence-electron chi connectivity index (χ2n) is 3.96. The summed E-state index contributed by atoms with van der Waals surface area (Å²) in [4.78, 5) is 12.0. The molecule has 0 aromatic heterocycles. The lowest BCUT2D eigenvalue weighted by molar-refractivity contribution is 0.102. The van der Waals surface area contributed by atoms with Gasteiger partial charge in [-0.15, -0.1) is 0 Å². The number of carbonyl (C=O) groups excluding carboxylic acids is 1. The first-order chi connectivity index (χ1) is 9.10. The van der Waals surface area contributed by atoms with E-state index in [4.69, 9.17) is 10.5 Å². The molecule has 0 unspecified atom stereocenters. The van der Waals surface area contributed by atoms with Crippen molar-refractivity contribution in [2.24, 2.45) is 0 Å². The Hall–Kier alpha value is -2.69. The molecule has 5 heteroatoms. The first-order valence-corrected chi connectivity index (χ1v) is 5.64. The van der Waals surface area contributed by atoms with E-state index < -0.39 is 0 Å². The van der Waals surface area contributed by atoms with Crippen LogP contribution in [0.4, 0.5) is 11.4 Å². The van der Waals surface area contributed by atoms with Gasteiger partial charge in [0.25, 0.3) is 5.91 Å². The van der Waals surface area contributed by atoms with Crippen LogP contribution in [0.2, 0.25) is 0 Å². The van der Waals surface area contributed by atoms with E-state index in [1.165, 1.54) is 19.2 Å². The molecule has 0 aliphatic carbocycles. The van der Waals surface area contributed by atoms with E-state index in [1.54, 1.807) is 30.3 Å². The zero-order chi connectivity index (χ0) is 13.8. The molecule has 2 aromatic rings. The molecule has 0 atom stereocenters. The van der Waals surface area contributed by atoms with Crippen molar-refractivity contribution in [1.82, 2.24) is 0 Å². The van der Waals surface area contributed by atoms with E-state index in [1.807, 2.05) is 0 Å². The lowest BCUT2D eigenvalue weighted by atomic mass is 10.1. The number of aromatic hydroxyl groups is 1. The van der Waals surface area contributed by atoms with Crippen LogP contribution in [0.3, 0.4) is 0 Å². The van der Waals surface area contributed by atoms with Gasteiger partial charge in [0.05, 0.1) is 12.8 Å². The topological polar surface area (TPSA) is 84.6 Å². The molecular weight excluding hydrogens is 244 g/mol. The molecule has 0 aliphatic rings. The molecule has 0 heterocycles. The summed E-state index contributed by atoms with van der Waals surface area (Å²) < 4.78 is 5.06. The predicted octanol–water partition coefficient (Wildman–Crippen LogP) is 2.24. The van der Waals surface area contributed by atoms with Crippen LogP contribution in [0.15, 0.2) is 42.5 Å². The highest BCUT2D eigenvalue weighted by molar-refractivity contribution is 6.04. The number of hydrogen-bond acceptors (Lipinski definition) is 4. The van der Waals surface area contributed by atoms with Crippen molar-refractivity contribution >= 4 is 17.3 Å². The maximum Gasteiger partial charge on any atom is 0.255 e. The fourth-order valence-electron chi connectivity index (χ4n) is 1.64. The number of nitrogens with one attached hydrogen (secondary N) is 1. The zero-order valence-corrected chi connectivity index (χ0v) is 10.4. The van der Waals surface area contributed by atoms with Gasteiger partial charge in [0.2, 0.25) is 0 Å². The summed E-state index contributed by atoms with van der Waals surface area (Å²) in [7, 11) is 1.49. The fraction of sp³-hybridized carbons (Fsp3) is 0.0714. The van der Waals surface area contributed by atoms with E-state index in [-0.39, 0.29) is 11.7 Å². The van der Waals surface area contributed by atoms with Crippen LogP contribution in [0.5, 0.6) is 11.5 Å². The number of benzene rings is 2. The first-order valence-electron chi connectivity index (χ1n) is 5.64. The van der Waals surface area contributed by atoms with Gasteiger partial charge in [-0.25, -0.2) is 0 Å². The molecular formula is C14H14N2O3. The quantitative estimate of drug-likeness (QED) is 0.737. The third-order valence-electron chi connectivity index (χ3n) is 2.60. The molecule has 19 heavy (non-hydrogen) atoms. The van der Waals surface area contributed by atoms with Crippen LogP contribution < -0.4 is 15.8 Å². The van der Waals surface area contributed by atoms with E-state index in [2.05, 4.69) is 5.32 Å². The van der Waals surface area contributed by atoms with Crippen molar-refractivity contribution in [2.75, 3.05) is 18.2 Å². The second-order valence-corrected chi connectivity index (χ2v) is 3.96. The number of carbonyl (C=O) groups is 1. The van der Waals surface area contributed by atoms with Gasteiger partial charge in [-0.05, 0) is 30.3 Å². The minimum Gasteiger partial charge on any atom is -0.508 e. The Morgan fingerprint density at radius 1 is 1.26 bits per heavy atom. The minimum atomic E-state index is -0.302. The van der Waals surface area contributed by atoms with Gasteiger partial charge in [-0.3, -0.25) is 4.79 Å². The molecule has 0 aliphatic heterocycles. The van der Waals surface area contributed by atoms with E-state index in [0.717, 1.165) is 0 Å². The van der Waals surface area contributed by atoms with Crippen LogP contribution in [-0.4, -0.2) is 18.1 Å². The molecule has 2 rings (SSSR count). The average molecular weight is 258 g/mol. The number of phenolic OH excluding ortho intramolecular Hbond substituents is 1. The molecule has 0 spiro atoms. The molecule has 0 saturated carbocycles. The summed E-state index contributed by atoms with van der Waals surface area (Å²) in [6.07, 6.45) is 0. The molecule has 1 amide bonds. The zero-order valence-electron chi connectivity index (χ0n) is 10.4. The van der Waals surface area contributed by atoms with Crippen molar-refractivity contribution in [2.45, 2.75) is 0 Å². The number of ether oxygens (including phenoxy) is 1. The Labute approximate surface area is 110 Å². The SMILES string of the molecule is COc1cc(C(=O)Nc2cccc(O)c2)ccc1N.